The van der Waals surface area contributed by atoms with Crippen molar-refractivity contribution in [2.24, 2.45) is 23.3 Å². The van der Waals surface area contributed by atoms with E-state index < -0.39 is 59.6 Å². The normalized spacial score (nSPS) is 13.7. The van der Waals surface area contributed by atoms with Crippen LogP contribution in [0.5, 0.6) is 0 Å². The highest BCUT2D eigenvalue weighted by Crippen LogP contribution is 2.14. The van der Waals surface area contributed by atoms with Gasteiger partial charge in [-0.1, -0.05) is 67.5 Å². The number of carbonyl (C=O) groups is 7. The first-order chi connectivity index (χ1) is 22.7. The second kappa shape index (κ2) is 22.7. The van der Waals surface area contributed by atoms with Gasteiger partial charge in [0.1, 0.15) is 24.7 Å². The summed E-state index contributed by atoms with van der Waals surface area (Å²) in [7, 11) is 0. The number of urea groups is 1. The highest BCUT2D eigenvalue weighted by molar-refractivity contribution is 6.15. The van der Waals surface area contributed by atoms with Crippen LogP contribution in [0.2, 0.25) is 0 Å². The molecule has 2 rings (SSSR count). The highest BCUT2D eigenvalue weighted by atomic mass is 16.5. The number of ether oxygens (including phenoxy) is 1. The predicted molar refractivity (Wildman–Crippen MR) is 182 cm³/mol. The van der Waals surface area contributed by atoms with Gasteiger partial charge in [-0.2, -0.15) is 0 Å². The largest absolute Gasteiger partial charge is 0.461 e. The molecule has 0 saturated carbocycles. The summed E-state index contributed by atoms with van der Waals surface area (Å²) >= 11 is 0. The standard InChI is InChI=1S/C29H41N7O8.2C2H6/c1-16(2)24(35-26(40)21(14-30)36-22(37)11-12-23(36)38)27(41)34-20(6-5-13-32-29(31)43)25(39)33-19-9-7-18(8-10-19)15-44-28(42)17(3)4;2*1-2/h7-12,16-17,20-21,24H,5-6,13-15,30H2,1-4H3,(H,33,39)(H,34,41)(H,35,40)(H3,31,32,43);2*1-2H3. The summed E-state index contributed by atoms with van der Waals surface area (Å²) in [6, 6.07) is 2.27. The van der Waals surface area contributed by atoms with Crippen molar-refractivity contribution in [2.45, 2.75) is 93.0 Å². The first-order valence-corrected chi connectivity index (χ1v) is 16.2. The molecule has 7 amide bonds. The number of amides is 7. The summed E-state index contributed by atoms with van der Waals surface area (Å²) in [6.07, 6.45) is 2.43. The molecule has 15 heteroatoms. The molecule has 0 saturated heterocycles. The third kappa shape index (κ3) is 14.3. The van der Waals surface area contributed by atoms with E-state index in [2.05, 4.69) is 21.3 Å². The van der Waals surface area contributed by atoms with E-state index in [0.29, 0.717) is 16.2 Å². The van der Waals surface area contributed by atoms with Crippen LogP contribution in [-0.4, -0.2) is 77.7 Å². The molecule has 0 aromatic heterocycles. The van der Waals surface area contributed by atoms with Crippen LogP contribution < -0.4 is 32.7 Å². The number of imide groups is 1. The zero-order chi connectivity index (χ0) is 37.0. The van der Waals surface area contributed by atoms with Crippen LogP contribution in [-0.2, 0) is 40.1 Å². The van der Waals surface area contributed by atoms with Crippen molar-refractivity contribution in [3.8, 4) is 0 Å². The van der Waals surface area contributed by atoms with E-state index in [1.54, 1.807) is 52.0 Å². The number of primary amides is 1. The fraction of sp³-hybridized carbons (Fsp3) is 0.545. The van der Waals surface area contributed by atoms with Gasteiger partial charge in [0, 0.05) is 30.9 Å². The molecule has 0 fully saturated rings. The monoisotopic (exact) mass is 675 g/mol. The maximum Gasteiger partial charge on any atom is 0.312 e. The zero-order valence-electron chi connectivity index (χ0n) is 29.3. The van der Waals surface area contributed by atoms with E-state index in [-0.39, 0.29) is 44.4 Å². The molecule has 268 valence electrons. The molecule has 1 aromatic carbocycles. The average molecular weight is 676 g/mol. The van der Waals surface area contributed by atoms with Gasteiger partial charge in [-0.15, -0.1) is 0 Å². The molecule has 3 atom stereocenters. The maximum absolute atomic E-state index is 13.4. The second-order valence-electron chi connectivity index (χ2n) is 10.8. The van der Waals surface area contributed by atoms with Gasteiger partial charge in [0.25, 0.3) is 11.8 Å². The first kappa shape index (κ1) is 43.2. The van der Waals surface area contributed by atoms with E-state index in [0.717, 1.165) is 12.2 Å². The van der Waals surface area contributed by atoms with Crippen LogP contribution >= 0.6 is 0 Å². The molecule has 0 bridgehead atoms. The Morgan fingerprint density at radius 2 is 1.40 bits per heavy atom. The number of hydrogen-bond donors (Lipinski definition) is 6. The highest BCUT2D eigenvalue weighted by Gasteiger charge is 2.37. The molecule has 0 radical (unpaired) electrons. The van der Waals surface area contributed by atoms with E-state index in [1.165, 1.54) is 0 Å². The molecule has 15 nitrogen and oxygen atoms in total. The lowest BCUT2D eigenvalue weighted by molar-refractivity contribution is -0.148. The Bertz CT molecular complexity index is 1250. The Labute approximate surface area is 282 Å². The second-order valence-corrected chi connectivity index (χ2v) is 10.8. The van der Waals surface area contributed by atoms with Gasteiger partial charge >= 0.3 is 12.0 Å². The van der Waals surface area contributed by atoms with Crippen molar-refractivity contribution >= 4 is 47.2 Å². The Morgan fingerprint density at radius 3 is 1.88 bits per heavy atom. The Morgan fingerprint density at radius 1 is 0.833 bits per heavy atom. The number of carbonyl (C=O) groups excluding carboxylic acids is 7. The van der Waals surface area contributed by atoms with Gasteiger partial charge in [0.2, 0.25) is 17.7 Å². The minimum Gasteiger partial charge on any atom is -0.461 e. The van der Waals surface area contributed by atoms with Crippen molar-refractivity contribution in [3.05, 3.63) is 42.0 Å². The van der Waals surface area contributed by atoms with Gasteiger partial charge in [0.05, 0.1) is 5.92 Å². The van der Waals surface area contributed by atoms with Crippen molar-refractivity contribution in [1.29, 1.82) is 0 Å². The number of nitrogens with zero attached hydrogens (tertiary/aromatic N) is 1. The minimum absolute atomic E-state index is 0.0701. The van der Waals surface area contributed by atoms with Crippen LogP contribution in [0.25, 0.3) is 0 Å². The van der Waals surface area contributed by atoms with Crippen LogP contribution in [0, 0.1) is 11.8 Å². The quantitative estimate of drug-likeness (QED) is 0.0849. The number of anilines is 1. The van der Waals surface area contributed by atoms with Gasteiger partial charge in [-0.25, -0.2) is 4.79 Å². The summed E-state index contributed by atoms with van der Waals surface area (Å²) in [5.74, 6) is -4.52. The van der Waals surface area contributed by atoms with Gasteiger partial charge in [0.15, 0.2) is 0 Å². The van der Waals surface area contributed by atoms with E-state index in [4.69, 9.17) is 16.2 Å². The van der Waals surface area contributed by atoms with Crippen molar-refractivity contribution in [3.63, 3.8) is 0 Å². The summed E-state index contributed by atoms with van der Waals surface area (Å²) in [5.41, 5.74) is 11.9. The number of esters is 1. The maximum atomic E-state index is 13.4. The SMILES string of the molecule is CC.CC.CC(C)C(=O)OCc1ccc(NC(=O)C(CCCNC(N)=O)NC(=O)C(NC(=O)C(CN)N2C(=O)C=CC2=O)C(C)C)cc1. The van der Waals surface area contributed by atoms with Crippen molar-refractivity contribution in [1.82, 2.24) is 20.9 Å². The average Bonchev–Trinajstić information content (AvgIpc) is 3.39. The minimum atomic E-state index is -1.34. The van der Waals surface area contributed by atoms with Crippen LogP contribution in [0.4, 0.5) is 10.5 Å². The molecule has 48 heavy (non-hydrogen) atoms. The van der Waals surface area contributed by atoms with Crippen molar-refractivity contribution < 1.29 is 38.3 Å². The lowest BCUT2D eigenvalue weighted by atomic mass is 10.0. The Balaban J connectivity index is 0.00000531. The topological polar surface area (TPSA) is 232 Å². The Kier molecular flexibility index (Phi) is 20.4. The van der Waals surface area contributed by atoms with E-state index in [9.17, 15) is 33.6 Å². The smallest absolute Gasteiger partial charge is 0.312 e. The molecule has 1 aliphatic rings. The molecular weight excluding hydrogens is 622 g/mol. The summed E-state index contributed by atoms with van der Waals surface area (Å²) in [4.78, 5) is 87.4. The molecular formula is C33H53N7O8. The fourth-order valence-corrected chi connectivity index (χ4v) is 4.12. The summed E-state index contributed by atoms with van der Waals surface area (Å²) in [5, 5.41) is 10.3. The number of rotatable bonds is 16. The molecule has 0 spiro atoms. The first-order valence-electron chi connectivity index (χ1n) is 16.2. The van der Waals surface area contributed by atoms with Gasteiger partial charge < -0.3 is 37.5 Å². The molecule has 1 heterocycles. The fourth-order valence-electron chi connectivity index (χ4n) is 4.12. The van der Waals surface area contributed by atoms with Gasteiger partial charge in [-0.3, -0.25) is 33.7 Å². The third-order valence-corrected chi connectivity index (χ3v) is 6.60. The van der Waals surface area contributed by atoms with E-state index in [1.807, 2.05) is 27.7 Å². The van der Waals surface area contributed by atoms with E-state index >= 15 is 0 Å². The number of nitrogens with two attached hydrogens (primary N) is 2. The molecule has 0 aliphatic carbocycles. The summed E-state index contributed by atoms with van der Waals surface area (Å²) in [6.45, 7) is 14.6. The molecule has 8 N–H and O–H groups in total. The Hall–Kier alpha value is -4.79. The predicted octanol–water partition coefficient (Wildman–Crippen LogP) is 1.70. The number of hydrogen-bond acceptors (Lipinski definition) is 9. The van der Waals surface area contributed by atoms with Crippen LogP contribution in [0.1, 0.15) is 73.8 Å². The molecule has 3 unspecified atom stereocenters. The van der Waals surface area contributed by atoms with Crippen molar-refractivity contribution in [2.75, 3.05) is 18.4 Å². The van der Waals surface area contributed by atoms with Crippen LogP contribution in [0.3, 0.4) is 0 Å². The number of nitrogens with one attached hydrogen (secondary N) is 4. The zero-order valence-corrected chi connectivity index (χ0v) is 29.3. The third-order valence-electron chi connectivity index (χ3n) is 6.60. The van der Waals surface area contributed by atoms with Crippen LogP contribution in [0.15, 0.2) is 36.4 Å². The van der Waals surface area contributed by atoms with Gasteiger partial charge in [-0.05, 0) is 36.5 Å². The molecule has 1 aliphatic heterocycles. The number of benzene rings is 1. The molecule has 1 aromatic rings. The lowest BCUT2D eigenvalue weighted by Gasteiger charge is -2.29. The lowest BCUT2D eigenvalue weighted by Crippen LogP contribution is -2.60. The summed E-state index contributed by atoms with van der Waals surface area (Å²) < 4.78 is 5.21.